The van der Waals surface area contributed by atoms with Gasteiger partial charge in [-0.3, -0.25) is 0 Å². The number of rotatable bonds is 5. The van der Waals surface area contributed by atoms with Crippen LogP contribution in [0.2, 0.25) is 0 Å². The minimum Gasteiger partial charge on any atom is -0.393 e. The van der Waals surface area contributed by atoms with Gasteiger partial charge in [-0.15, -0.1) is 0 Å². The van der Waals surface area contributed by atoms with Crippen LogP contribution in [0.1, 0.15) is 99.3 Å². The van der Waals surface area contributed by atoms with Crippen LogP contribution in [-0.4, -0.2) is 22.4 Å². The van der Waals surface area contributed by atoms with E-state index in [2.05, 4.69) is 46.8 Å². The van der Waals surface area contributed by atoms with Crippen molar-refractivity contribution in [3.05, 3.63) is 23.3 Å². The minimum atomic E-state index is -0.326. The van der Waals surface area contributed by atoms with Crippen LogP contribution in [0.25, 0.3) is 0 Å². The van der Waals surface area contributed by atoms with Gasteiger partial charge in [0.05, 0.1) is 12.2 Å². The second kappa shape index (κ2) is 8.64. The maximum Gasteiger partial charge on any atom is 0.0724 e. The summed E-state index contributed by atoms with van der Waals surface area (Å²) in [4.78, 5) is 0. The molecule has 176 valence electrons. The molecule has 0 amide bonds. The van der Waals surface area contributed by atoms with Gasteiger partial charge in [0, 0.05) is 0 Å². The lowest BCUT2D eigenvalue weighted by Gasteiger charge is -2.58. The molecule has 0 aromatic rings. The van der Waals surface area contributed by atoms with E-state index in [4.69, 9.17) is 0 Å². The van der Waals surface area contributed by atoms with Gasteiger partial charge >= 0.3 is 0 Å². The topological polar surface area (TPSA) is 40.5 Å². The Kier molecular flexibility index (Phi) is 6.56. The van der Waals surface area contributed by atoms with Crippen LogP contribution >= 0.6 is 0 Å². The van der Waals surface area contributed by atoms with Crippen molar-refractivity contribution in [2.75, 3.05) is 0 Å². The largest absolute Gasteiger partial charge is 0.393 e. The predicted molar refractivity (Wildman–Crippen MR) is 130 cm³/mol. The number of hydrogen-bond donors (Lipinski definition) is 2. The van der Waals surface area contributed by atoms with Crippen molar-refractivity contribution >= 4 is 0 Å². The lowest BCUT2D eigenvalue weighted by Crippen LogP contribution is -2.50. The molecule has 4 rings (SSSR count). The summed E-state index contributed by atoms with van der Waals surface area (Å²) in [7, 11) is 0. The van der Waals surface area contributed by atoms with Crippen molar-refractivity contribution in [1.82, 2.24) is 0 Å². The summed E-state index contributed by atoms with van der Waals surface area (Å²) in [6.45, 7) is 14.0. The highest BCUT2D eigenvalue weighted by molar-refractivity contribution is 5.25. The second-order valence-electron chi connectivity index (χ2n) is 12.6. The van der Waals surface area contributed by atoms with Crippen molar-refractivity contribution in [2.24, 2.45) is 46.3 Å². The zero-order valence-corrected chi connectivity index (χ0v) is 21.0. The van der Waals surface area contributed by atoms with Gasteiger partial charge < -0.3 is 10.2 Å². The van der Waals surface area contributed by atoms with Crippen molar-refractivity contribution in [3.63, 3.8) is 0 Å². The molecule has 0 aromatic heterocycles. The molecule has 0 heterocycles. The Morgan fingerprint density at radius 1 is 1.06 bits per heavy atom. The molecule has 4 aliphatic carbocycles. The zero-order valence-electron chi connectivity index (χ0n) is 21.0. The van der Waals surface area contributed by atoms with Crippen LogP contribution in [0.15, 0.2) is 23.3 Å². The van der Waals surface area contributed by atoms with Gasteiger partial charge in [-0.05, 0) is 117 Å². The van der Waals surface area contributed by atoms with E-state index in [1.807, 2.05) is 6.92 Å². The smallest absolute Gasteiger partial charge is 0.0724 e. The molecule has 3 fully saturated rings. The molecule has 0 aromatic carbocycles. The van der Waals surface area contributed by atoms with E-state index in [-0.39, 0.29) is 12.2 Å². The van der Waals surface area contributed by atoms with Crippen molar-refractivity contribution in [3.8, 4) is 0 Å². The van der Waals surface area contributed by atoms with E-state index in [1.54, 1.807) is 5.57 Å². The Hall–Kier alpha value is -0.600. The number of hydrogen-bond acceptors (Lipinski definition) is 2. The summed E-state index contributed by atoms with van der Waals surface area (Å²) in [5.41, 5.74) is 3.63. The molecule has 2 N–H and O–H groups in total. The Labute approximate surface area is 191 Å². The molecule has 0 bridgehead atoms. The molecule has 31 heavy (non-hydrogen) atoms. The molecule has 2 heteroatoms. The molecule has 0 saturated heterocycles. The molecule has 0 spiro atoms. The first-order valence-corrected chi connectivity index (χ1v) is 13.3. The second-order valence-corrected chi connectivity index (χ2v) is 12.6. The fraction of sp³-hybridized carbons (Fsp3) is 0.862. The fourth-order valence-corrected chi connectivity index (χ4v) is 8.99. The van der Waals surface area contributed by atoms with Gasteiger partial charge in [0.2, 0.25) is 0 Å². The quantitative estimate of drug-likeness (QED) is 0.467. The molecule has 0 radical (unpaired) electrons. The maximum absolute atomic E-state index is 10.2. The summed E-state index contributed by atoms with van der Waals surface area (Å²) >= 11 is 0. The molecule has 9 atom stereocenters. The third-order valence-electron chi connectivity index (χ3n) is 10.7. The van der Waals surface area contributed by atoms with E-state index >= 15 is 0 Å². The molecule has 0 aliphatic heterocycles. The highest BCUT2D eigenvalue weighted by Gasteiger charge is 2.59. The molecule has 0 unspecified atom stereocenters. The van der Waals surface area contributed by atoms with Gasteiger partial charge in [-0.25, -0.2) is 0 Å². The van der Waals surface area contributed by atoms with Crippen LogP contribution in [0, 0.1) is 46.3 Å². The first-order valence-electron chi connectivity index (χ1n) is 13.3. The van der Waals surface area contributed by atoms with Crippen LogP contribution in [-0.2, 0) is 0 Å². The lowest BCUT2D eigenvalue weighted by atomic mass is 9.47. The van der Waals surface area contributed by atoms with Crippen molar-refractivity contribution < 1.29 is 10.2 Å². The Balaban J connectivity index is 1.51. The van der Waals surface area contributed by atoms with Gasteiger partial charge in [-0.1, -0.05) is 52.3 Å². The average Bonchev–Trinajstić information content (AvgIpc) is 3.05. The maximum atomic E-state index is 10.2. The van der Waals surface area contributed by atoms with E-state index < -0.39 is 0 Å². The van der Waals surface area contributed by atoms with Gasteiger partial charge in [0.25, 0.3) is 0 Å². The zero-order chi connectivity index (χ0) is 22.6. The first-order chi connectivity index (χ1) is 14.6. The Morgan fingerprint density at radius 3 is 2.48 bits per heavy atom. The molecule has 2 nitrogen and oxygen atoms in total. The summed E-state index contributed by atoms with van der Waals surface area (Å²) < 4.78 is 0. The predicted octanol–water partition coefficient (Wildman–Crippen LogP) is 6.92. The number of allylic oxidation sites excluding steroid dienone is 2. The van der Waals surface area contributed by atoms with Crippen molar-refractivity contribution in [1.29, 1.82) is 0 Å². The number of aliphatic hydroxyl groups is 2. The van der Waals surface area contributed by atoms with Crippen LogP contribution in [0.3, 0.4) is 0 Å². The fourth-order valence-electron chi connectivity index (χ4n) is 8.99. The van der Waals surface area contributed by atoms with E-state index in [9.17, 15) is 10.2 Å². The minimum absolute atomic E-state index is 0.105. The Morgan fingerprint density at radius 2 is 1.81 bits per heavy atom. The third kappa shape index (κ3) is 3.99. The summed E-state index contributed by atoms with van der Waals surface area (Å²) in [5, 5.41) is 20.4. The van der Waals surface area contributed by atoms with Gasteiger partial charge in [0.1, 0.15) is 0 Å². The molecular weight excluding hydrogens is 380 g/mol. The van der Waals surface area contributed by atoms with E-state index in [1.165, 1.54) is 44.1 Å². The lowest BCUT2D eigenvalue weighted by molar-refractivity contribution is -0.0565. The third-order valence-corrected chi connectivity index (χ3v) is 10.7. The van der Waals surface area contributed by atoms with Crippen LogP contribution in [0.4, 0.5) is 0 Å². The summed E-state index contributed by atoms with van der Waals surface area (Å²) in [5.74, 6) is 4.46. The van der Waals surface area contributed by atoms with E-state index in [0.29, 0.717) is 22.7 Å². The van der Waals surface area contributed by atoms with Crippen LogP contribution < -0.4 is 0 Å². The van der Waals surface area contributed by atoms with Gasteiger partial charge in [-0.2, -0.15) is 0 Å². The average molecular weight is 429 g/mol. The van der Waals surface area contributed by atoms with Gasteiger partial charge in [0.15, 0.2) is 0 Å². The normalized spacial score (nSPS) is 44.9. The highest BCUT2D eigenvalue weighted by atomic mass is 16.3. The SMILES string of the molecule is CC(C)/C(=C/C[C@@H](C)[C@H]1CC[C@H]2[C@@H]3CC=C4C[C@@H](O)CC[C@]4(C)[C@H]3CC[C@]12C)[C@H](C)O. The monoisotopic (exact) mass is 428 g/mol. The number of aliphatic hydroxyl groups excluding tert-OH is 2. The molecular formula is C29H48O2. The summed E-state index contributed by atoms with van der Waals surface area (Å²) in [6.07, 6.45) is 15.5. The first kappa shape index (κ1) is 23.6. The summed E-state index contributed by atoms with van der Waals surface area (Å²) in [6, 6.07) is 0. The number of fused-ring (bicyclic) bond motifs is 5. The highest BCUT2D eigenvalue weighted by Crippen LogP contribution is 2.67. The standard InChI is InChI=1S/C29H48O2/c1-18(2)23(20(4)30)9-7-19(3)25-11-12-26-24-10-8-21-17-22(31)13-15-28(21,5)27(24)14-16-29(25,26)6/h8-9,18-20,22,24-27,30-31H,7,10-17H2,1-6H3/b23-9-/t19-,20+,22+,24+,25-,26+,27+,28+,29-/m1/s1. The molecule has 3 saturated carbocycles. The molecule has 4 aliphatic rings. The van der Waals surface area contributed by atoms with Crippen LogP contribution in [0.5, 0.6) is 0 Å². The van der Waals surface area contributed by atoms with Crippen molar-refractivity contribution in [2.45, 2.75) is 112 Å². The Bertz CT molecular complexity index is 708. The van der Waals surface area contributed by atoms with E-state index in [0.717, 1.165) is 42.9 Å².